The Morgan fingerprint density at radius 3 is 2.67 bits per heavy atom. The van der Waals surface area contributed by atoms with Gasteiger partial charge >= 0.3 is 5.97 Å². The fraction of sp³-hybridized carbons (Fsp3) is 0.833. The molecule has 1 amide bonds. The fourth-order valence-electron chi connectivity index (χ4n) is 2.75. The summed E-state index contributed by atoms with van der Waals surface area (Å²) in [5, 5.41) is 9.15. The molecule has 0 saturated carbocycles. The molecule has 0 aromatic rings. The van der Waals surface area contributed by atoms with E-state index in [1.54, 1.807) is 6.92 Å². The molecule has 2 aliphatic heterocycles. The lowest BCUT2D eigenvalue weighted by atomic mass is 10.2. The van der Waals surface area contributed by atoms with E-state index in [0.29, 0.717) is 37.4 Å². The van der Waals surface area contributed by atoms with Gasteiger partial charge in [0.2, 0.25) is 15.9 Å². The van der Waals surface area contributed by atoms with Crippen molar-refractivity contribution in [1.29, 1.82) is 0 Å². The first-order chi connectivity index (χ1) is 9.88. The number of sulfonamides is 1. The molecule has 2 aliphatic rings. The highest BCUT2D eigenvalue weighted by Crippen LogP contribution is 2.28. The van der Waals surface area contributed by atoms with Gasteiger partial charge in [-0.25, -0.2) is 13.2 Å². The Labute approximate surface area is 128 Å². The van der Waals surface area contributed by atoms with E-state index in [1.807, 2.05) is 0 Å². The van der Waals surface area contributed by atoms with Crippen LogP contribution in [0.2, 0.25) is 0 Å². The second-order valence-electron chi connectivity index (χ2n) is 5.25. The summed E-state index contributed by atoms with van der Waals surface area (Å²) >= 11 is 1.38. The van der Waals surface area contributed by atoms with Crippen molar-refractivity contribution in [2.24, 2.45) is 0 Å². The number of nitrogens with zero attached hydrogens (tertiary/aromatic N) is 2. The summed E-state index contributed by atoms with van der Waals surface area (Å²) in [7, 11) is -3.44. The van der Waals surface area contributed by atoms with Crippen LogP contribution < -0.4 is 0 Å². The Kier molecular flexibility index (Phi) is 5.15. The summed E-state index contributed by atoms with van der Waals surface area (Å²) in [6, 6.07) is -1.58. The van der Waals surface area contributed by atoms with Crippen molar-refractivity contribution >= 4 is 33.7 Å². The number of rotatable bonds is 5. The molecule has 2 rings (SSSR count). The molecular formula is C12H20N2O5S2. The third-order valence-electron chi connectivity index (χ3n) is 3.76. The average molecular weight is 336 g/mol. The van der Waals surface area contributed by atoms with Gasteiger partial charge in [-0.3, -0.25) is 4.79 Å². The molecule has 1 N–H and O–H groups in total. The average Bonchev–Trinajstić information content (AvgIpc) is 3.07. The molecular weight excluding hydrogens is 316 g/mol. The third-order valence-corrected chi connectivity index (χ3v) is 6.85. The van der Waals surface area contributed by atoms with Crippen LogP contribution in [0.5, 0.6) is 0 Å². The van der Waals surface area contributed by atoms with Crippen LogP contribution in [0.25, 0.3) is 0 Å². The molecule has 21 heavy (non-hydrogen) atoms. The van der Waals surface area contributed by atoms with Gasteiger partial charge < -0.3 is 10.0 Å². The Hall–Kier alpha value is -0.800. The minimum Gasteiger partial charge on any atom is -0.480 e. The first-order valence-corrected chi connectivity index (χ1v) is 9.75. The number of hydrogen-bond donors (Lipinski definition) is 1. The van der Waals surface area contributed by atoms with Gasteiger partial charge in [-0.1, -0.05) is 6.92 Å². The van der Waals surface area contributed by atoms with Gasteiger partial charge in [0.05, 0.1) is 11.6 Å². The van der Waals surface area contributed by atoms with Gasteiger partial charge in [0, 0.05) is 12.3 Å². The topological polar surface area (TPSA) is 95.0 Å². The molecule has 0 aromatic carbocycles. The van der Waals surface area contributed by atoms with Crippen LogP contribution in [-0.4, -0.2) is 70.6 Å². The molecule has 2 atom stereocenters. The first kappa shape index (κ1) is 16.6. The van der Waals surface area contributed by atoms with Crippen molar-refractivity contribution < 1.29 is 23.1 Å². The molecule has 0 radical (unpaired) electrons. The Morgan fingerprint density at radius 1 is 1.33 bits per heavy atom. The maximum absolute atomic E-state index is 12.6. The summed E-state index contributed by atoms with van der Waals surface area (Å²) in [6.45, 7) is 2.12. The van der Waals surface area contributed by atoms with Crippen LogP contribution >= 0.6 is 11.8 Å². The number of aliphatic carboxylic acids is 1. The number of carboxylic acids is 1. The predicted molar refractivity (Wildman–Crippen MR) is 79.4 cm³/mol. The molecule has 2 fully saturated rings. The maximum Gasteiger partial charge on any atom is 0.327 e. The minimum atomic E-state index is -3.44. The minimum absolute atomic E-state index is 0.0217. The summed E-state index contributed by atoms with van der Waals surface area (Å²) < 4.78 is 25.7. The molecule has 2 heterocycles. The monoisotopic (exact) mass is 336 g/mol. The molecule has 0 spiro atoms. The summed E-state index contributed by atoms with van der Waals surface area (Å²) in [6.07, 6.45) is 1.60. The zero-order chi connectivity index (χ0) is 15.6. The van der Waals surface area contributed by atoms with E-state index in [0.717, 1.165) is 0 Å². The van der Waals surface area contributed by atoms with E-state index in [9.17, 15) is 18.0 Å². The van der Waals surface area contributed by atoms with Crippen LogP contribution in [-0.2, 0) is 19.6 Å². The van der Waals surface area contributed by atoms with Crippen molar-refractivity contribution in [2.45, 2.75) is 38.3 Å². The zero-order valence-electron chi connectivity index (χ0n) is 11.9. The SMILES string of the molecule is CCCS(=O)(=O)N1CCCC1C(=O)N1CSC[C@H]1C(=O)O. The highest BCUT2D eigenvalue weighted by atomic mass is 32.2. The maximum atomic E-state index is 12.6. The van der Waals surface area contributed by atoms with Crippen LogP contribution in [0.1, 0.15) is 26.2 Å². The number of carbonyl (C=O) groups is 2. The van der Waals surface area contributed by atoms with Gasteiger partial charge in [-0.15, -0.1) is 11.8 Å². The van der Waals surface area contributed by atoms with Crippen LogP contribution in [0, 0.1) is 0 Å². The Balaban J connectivity index is 2.16. The number of amides is 1. The molecule has 7 nitrogen and oxygen atoms in total. The van der Waals surface area contributed by atoms with Gasteiger partial charge in [0.1, 0.15) is 12.1 Å². The van der Waals surface area contributed by atoms with Gasteiger partial charge in [-0.2, -0.15) is 4.31 Å². The summed E-state index contributed by atoms with van der Waals surface area (Å²) in [5.41, 5.74) is 0. The number of carboxylic acid groups (broad SMARTS) is 1. The lowest BCUT2D eigenvalue weighted by molar-refractivity contribution is -0.149. The van der Waals surface area contributed by atoms with E-state index in [4.69, 9.17) is 5.11 Å². The smallest absolute Gasteiger partial charge is 0.327 e. The number of hydrogen-bond acceptors (Lipinski definition) is 5. The number of carbonyl (C=O) groups excluding carboxylic acids is 1. The van der Waals surface area contributed by atoms with Gasteiger partial charge in [-0.05, 0) is 19.3 Å². The van der Waals surface area contributed by atoms with Crippen molar-refractivity contribution in [3.05, 3.63) is 0 Å². The van der Waals surface area contributed by atoms with Crippen molar-refractivity contribution in [2.75, 3.05) is 23.9 Å². The molecule has 120 valence electrons. The van der Waals surface area contributed by atoms with E-state index < -0.39 is 28.1 Å². The molecule has 2 saturated heterocycles. The molecule has 0 bridgehead atoms. The quantitative estimate of drug-likeness (QED) is 0.769. The third kappa shape index (κ3) is 3.35. The highest BCUT2D eigenvalue weighted by Gasteiger charge is 2.44. The Morgan fingerprint density at radius 2 is 2.05 bits per heavy atom. The van der Waals surface area contributed by atoms with E-state index >= 15 is 0 Å². The standard InChI is InChI=1S/C12H20N2O5S2/c1-2-6-21(18,19)14-5-3-4-9(14)11(15)13-8-20-7-10(13)12(16)17/h9-10H,2-8H2,1H3,(H,16,17)/t9?,10-/m0/s1. The molecule has 1 unspecified atom stereocenters. The molecule has 9 heteroatoms. The van der Waals surface area contributed by atoms with Gasteiger partial charge in [0.15, 0.2) is 0 Å². The summed E-state index contributed by atoms with van der Waals surface area (Å²) in [5.74, 6) is -0.712. The van der Waals surface area contributed by atoms with E-state index in [1.165, 1.54) is 21.0 Å². The predicted octanol–water partition coefficient (Wildman–Crippen LogP) is 0.177. The Bertz CT molecular complexity index is 522. The normalized spacial score (nSPS) is 27.2. The highest BCUT2D eigenvalue weighted by molar-refractivity contribution is 7.99. The first-order valence-electron chi connectivity index (χ1n) is 6.99. The van der Waals surface area contributed by atoms with Crippen molar-refractivity contribution in [1.82, 2.24) is 9.21 Å². The van der Waals surface area contributed by atoms with E-state index in [-0.39, 0.29) is 11.7 Å². The van der Waals surface area contributed by atoms with Crippen LogP contribution in [0.3, 0.4) is 0 Å². The van der Waals surface area contributed by atoms with Crippen molar-refractivity contribution in [3.63, 3.8) is 0 Å². The molecule has 0 aliphatic carbocycles. The molecule has 0 aromatic heterocycles. The lowest BCUT2D eigenvalue weighted by Gasteiger charge is -2.28. The van der Waals surface area contributed by atoms with Crippen LogP contribution in [0.4, 0.5) is 0 Å². The lowest BCUT2D eigenvalue weighted by Crippen LogP contribution is -2.51. The zero-order valence-corrected chi connectivity index (χ0v) is 13.5. The summed E-state index contributed by atoms with van der Waals surface area (Å²) in [4.78, 5) is 25.0. The second kappa shape index (κ2) is 6.53. The van der Waals surface area contributed by atoms with Crippen LogP contribution in [0.15, 0.2) is 0 Å². The largest absolute Gasteiger partial charge is 0.480 e. The van der Waals surface area contributed by atoms with Crippen molar-refractivity contribution in [3.8, 4) is 0 Å². The fourth-order valence-corrected chi connectivity index (χ4v) is 5.65. The number of thioether (sulfide) groups is 1. The van der Waals surface area contributed by atoms with Gasteiger partial charge in [0.25, 0.3) is 0 Å². The second-order valence-corrected chi connectivity index (χ2v) is 8.29. The van der Waals surface area contributed by atoms with E-state index in [2.05, 4.69) is 0 Å².